The Bertz CT molecular complexity index is 1050. The fourth-order valence-electron chi connectivity index (χ4n) is 3.20. The van der Waals surface area contributed by atoms with Crippen molar-refractivity contribution in [2.45, 2.75) is 12.8 Å². The summed E-state index contributed by atoms with van der Waals surface area (Å²) in [6.45, 7) is 1.75. The molecule has 1 aliphatic carbocycles. The quantitative estimate of drug-likeness (QED) is 0.860. The number of hydrogen-bond donors (Lipinski definition) is 1. The monoisotopic (exact) mass is 332 g/mol. The Balaban J connectivity index is 1.98. The van der Waals surface area contributed by atoms with Crippen LogP contribution in [0, 0.1) is 18.3 Å². The number of aryl methyl sites for hydroxylation is 1. The highest BCUT2D eigenvalue weighted by atomic mass is 16.5. The summed E-state index contributed by atoms with van der Waals surface area (Å²) in [7, 11) is 0. The number of carbonyl (C=O) groups is 2. The van der Waals surface area contributed by atoms with Crippen molar-refractivity contribution in [1.82, 2.24) is 0 Å². The molecule has 2 N–H and O–H groups in total. The molecule has 2 aliphatic rings. The molecule has 0 fully saturated rings. The molecule has 25 heavy (non-hydrogen) atoms. The van der Waals surface area contributed by atoms with E-state index >= 15 is 0 Å². The van der Waals surface area contributed by atoms with Crippen LogP contribution in [0.1, 0.15) is 38.2 Å². The first-order chi connectivity index (χ1) is 12.0. The van der Waals surface area contributed by atoms with Gasteiger partial charge in [-0.1, -0.05) is 24.3 Å². The van der Waals surface area contributed by atoms with E-state index in [0.29, 0.717) is 11.5 Å². The maximum Gasteiger partial charge on any atom is 0.229 e. The topological polar surface area (TPSA) is 106 Å². The molecule has 6 heteroatoms. The second-order valence-corrected chi connectivity index (χ2v) is 5.82. The predicted molar refractivity (Wildman–Crippen MR) is 86.2 cm³/mol. The van der Waals surface area contributed by atoms with Crippen LogP contribution >= 0.6 is 0 Å². The SMILES string of the molecule is Cc1ccc(C2C(C#N)=C(N)OC3=C2C(=O)c2ccccc2C3=O)o1. The van der Waals surface area contributed by atoms with Crippen molar-refractivity contribution in [1.29, 1.82) is 5.26 Å². The summed E-state index contributed by atoms with van der Waals surface area (Å²) >= 11 is 0. The third kappa shape index (κ3) is 2.03. The zero-order valence-corrected chi connectivity index (χ0v) is 13.2. The number of nitrogens with zero attached hydrogens (tertiary/aromatic N) is 1. The molecule has 0 saturated heterocycles. The number of nitrogens with two attached hydrogens (primary N) is 1. The molecular weight excluding hydrogens is 320 g/mol. The van der Waals surface area contributed by atoms with Gasteiger partial charge in [0.15, 0.2) is 11.5 Å². The van der Waals surface area contributed by atoms with E-state index in [4.69, 9.17) is 14.9 Å². The minimum atomic E-state index is -0.868. The van der Waals surface area contributed by atoms with Gasteiger partial charge in [0.05, 0.1) is 11.5 Å². The van der Waals surface area contributed by atoms with Gasteiger partial charge < -0.3 is 14.9 Å². The highest BCUT2D eigenvalue weighted by molar-refractivity contribution is 6.27. The maximum atomic E-state index is 13.1. The summed E-state index contributed by atoms with van der Waals surface area (Å²) in [5, 5.41) is 9.51. The molecule has 4 rings (SSSR count). The molecule has 1 unspecified atom stereocenters. The van der Waals surface area contributed by atoms with Crippen molar-refractivity contribution >= 4 is 11.6 Å². The van der Waals surface area contributed by atoms with Crippen LogP contribution in [0.25, 0.3) is 0 Å². The lowest BCUT2D eigenvalue weighted by molar-refractivity contribution is 0.0895. The number of hydrogen-bond acceptors (Lipinski definition) is 6. The molecule has 2 aromatic rings. The van der Waals surface area contributed by atoms with Gasteiger partial charge in [-0.3, -0.25) is 9.59 Å². The summed E-state index contributed by atoms with van der Waals surface area (Å²) in [5.41, 5.74) is 6.53. The molecular formula is C19H12N2O4. The van der Waals surface area contributed by atoms with Crippen LogP contribution in [-0.4, -0.2) is 11.6 Å². The van der Waals surface area contributed by atoms with Crippen molar-refractivity contribution in [2.24, 2.45) is 5.73 Å². The van der Waals surface area contributed by atoms with Crippen LogP contribution in [-0.2, 0) is 4.74 Å². The van der Waals surface area contributed by atoms with Gasteiger partial charge in [-0.05, 0) is 19.1 Å². The maximum absolute atomic E-state index is 13.1. The summed E-state index contributed by atoms with van der Waals surface area (Å²) in [6.07, 6.45) is 0. The van der Waals surface area contributed by atoms with Gasteiger partial charge in [-0.15, -0.1) is 0 Å². The van der Waals surface area contributed by atoms with E-state index in [1.807, 2.05) is 6.07 Å². The third-order valence-corrected chi connectivity index (χ3v) is 4.33. The first kappa shape index (κ1) is 15.0. The molecule has 0 radical (unpaired) electrons. The van der Waals surface area contributed by atoms with E-state index in [1.165, 1.54) is 0 Å². The minimum absolute atomic E-state index is 0.0497. The van der Waals surface area contributed by atoms with Crippen LogP contribution in [0.3, 0.4) is 0 Å². The predicted octanol–water partition coefficient (Wildman–Crippen LogP) is 2.73. The summed E-state index contributed by atoms with van der Waals surface area (Å²) < 4.78 is 11.0. The fraction of sp³-hybridized carbons (Fsp3) is 0.105. The lowest BCUT2D eigenvalue weighted by Crippen LogP contribution is -2.32. The highest BCUT2D eigenvalue weighted by Gasteiger charge is 2.44. The van der Waals surface area contributed by atoms with Gasteiger partial charge in [-0.25, -0.2) is 0 Å². The Morgan fingerprint density at radius 1 is 1.08 bits per heavy atom. The molecule has 0 saturated carbocycles. The van der Waals surface area contributed by atoms with E-state index in [1.54, 1.807) is 43.3 Å². The second-order valence-electron chi connectivity index (χ2n) is 5.82. The Hall–Kier alpha value is -3.59. The van der Waals surface area contributed by atoms with Crippen LogP contribution in [0.2, 0.25) is 0 Å². The van der Waals surface area contributed by atoms with Gasteiger partial charge in [0.2, 0.25) is 11.7 Å². The number of allylic oxidation sites excluding steroid dienone is 3. The Labute approximate surface area is 142 Å². The number of Topliss-reactive ketones (excluding diaryl/α,β-unsaturated/α-hetero) is 2. The van der Waals surface area contributed by atoms with Gasteiger partial charge in [0, 0.05) is 11.1 Å². The number of benzene rings is 1. The number of furan rings is 1. The molecule has 1 aromatic heterocycles. The fourth-order valence-corrected chi connectivity index (χ4v) is 3.20. The van der Waals surface area contributed by atoms with Gasteiger partial charge in [0.1, 0.15) is 23.2 Å². The van der Waals surface area contributed by atoms with Crippen molar-refractivity contribution in [2.75, 3.05) is 0 Å². The standard InChI is InChI=1S/C19H12N2O4/c1-9-6-7-13(24-9)14-12(8-20)19(21)25-18-15(14)16(22)10-4-2-3-5-11(10)17(18)23/h2-7,14H,21H2,1H3. The average Bonchev–Trinajstić information content (AvgIpc) is 3.04. The van der Waals surface area contributed by atoms with E-state index in [0.717, 1.165) is 0 Å². The number of nitriles is 1. The van der Waals surface area contributed by atoms with Gasteiger partial charge in [-0.2, -0.15) is 5.26 Å². The minimum Gasteiger partial charge on any atom is -0.465 e. The molecule has 2 heterocycles. The zero-order chi connectivity index (χ0) is 17.7. The number of ketones is 2. The molecule has 0 amide bonds. The van der Waals surface area contributed by atoms with E-state index in [9.17, 15) is 14.9 Å². The number of carbonyl (C=O) groups excluding carboxylic acids is 2. The molecule has 122 valence electrons. The molecule has 1 aliphatic heterocycles. The normalized spacial score (nSPS) is 19.3. The Kier molecular flexibility index (Phi) is 3.12. The van der Waals surface area contributed by atoms with Crippen LogP contribution < -0.4 is 5.73 Å². The van der Waals surface area contributed by atoms with E-state index in [-0.39, 0.29) is 39.7 Å². The number of rotatable bonds is 1. The smallest absolute Gasteiger partial charge is 0.229 e. The van der Waals surface area contributed by atoms with E-state index in [2.05, 4.69) is 0 Å². The van der Waals surface area contributed by atoms with Gasteiger partial charge >= 0.3 is 0 Å². The second kappa shape index (κ2) is 5.21. The van der Waals surface area contributed by atoms with Crippen molar-refractivity contribution in [3.63, 3.8) is 0 Å². The lowest BCUT2D eigenvalue weighted by atomic mass is 9.77. The van der Waals surface area contributed by atoms with Crippen molar-refractivity contribution in [3.8, 4) is 6.07 Å². The molecule has 1 atom stereocenters. The number of fused-ring (bicyclic) bond motifs is 1. The van der Waals surface area contributed by atoms with Crippen LogP contribution in [0.4, 0.5) is 0 Å². The van der Waals surface area contributed by atoms with Gasteiger partial charge in [0.25, 0.3) is 0 Å². The summed E-state index contributed by atoms with van der Waals surface area (Å²) in [6, 6.07) is 11.9. The summed E-state index contributed by atoms with van der Waals surface area (Å²) in [4.78, 5) is 25.8. The lowest BCUT2D eigenvalue weighted by Gasteiger charge is -2.29. The van der Waals surface area contributed by atoms with Crippen LogP contribution in [0.15, 0.2) is 63.6 Å². The highest BCUT2D eigenvalue weighted by Crippen LogP contribution is 2.44. The Morgan fingerprint density at radius 3 is 2.36 bits per heavy atom. The summed E-state index contributed by atoms with van der Waals surface area (Å²) in [5.74, 6) is -1.02. The van der Waals surface area contributed by atoms with Crippen LogP contribution in [0.5, 0.6) is 0 Å². The molecule has 0 spiro atoms. The molecule has 1 aromatic carbocycles. The molecule has 0 bridgehead atoms. The Morgan fingerprint density at radius 2 is 1.76 bits per heavy atom. The third-order valence-electron chi connectivity index (χ3n) is 4.33. The number of ether oxygens (including phenoxy) is 1. The first-order valence-electron chi connectivity index (χ1n) is 7.59. The first-order valence-corrected chi connectivity index (χ1v) is 7.59. The molecule has 6 nitrogen and oxygen atoms in total. The largest absolute Gasteiger partial charge is 0.465 e. The van der Waals surface area contributed by atoms with E-state index < -0.39 is 11.7 Å². The van der Waals surface area contributed by atoms with Crippen molar-refractivity contribution in [3.05, 3.63) is 81.8 Å². The van der Waals surface area contributed by atoms with Crippen molar-refractivity contribution < 1.29 is 18.7 Å². The average molecular weight is 332 g/mol. The zero-order valence-electron chi connectivity index (χ0n) is 13.2.